The Bertz CT molecular complexity index is 625. The summed E-state index contributed by atoms with van der Waals surface area (Å²) in [4.78, 5) is 11.8. The Morgan fingerprint density at radius 1 is 1.21 bits per heavy atom. The molecule has 0 radical (unpaired) electrons. The van der Waals surface area contributed by atoms with Gasteiger partial charge in [0, 0.05) is 31.5 Å². The molecule has 1 aliphatic heterocycles. The molecular weight excluding hydrogens is 330 g/mol. The van der Waals surface area contributed by atoms with Crippen LogP contribution in [0.1, 0.15) is 24.8 Å². The summed E-state index contributed by atoms with van der Waals surface area (Å²) >= 11 is 0. The molecule has 1 aliphatic rings. The number of rotatable bonds is 7. The van der Waals surface area contributed by atoms with E-state index < -0.39 is 10.0 Å². The second kappa shape index (κ2) is 8.89. The monoisotopic (exact) mass is 355 g/mol. The second-order valence-electron chi connectivity index (χ2n) is 5.96. The van der Waals surface area contributed by atoms with Crippen molar-refractivity contribution in [2.24, 2.45) is 0 Å². The highest BCUT2D eigenvalue weighted by Gasteiger charge is 2.15. The minimum absolute atomic E-state index is 0.130. The van der Waals surface area contributed by atoms with E-state index >= 15 is 0 Å². The maximum absolute atomic E-state index is 11.8. The highest BCUT2D eigenvalue weighted by Crippen LogP contribution is 2.12. The van der Waals surface area contributed by atoms with Crippen LogP contribution in [0.4, 0.5) is 10.5 Å². The van der Waals surface area contributed by atoms with Gasteiger partial charge in [-0.3, -0.25) is 4.72 Å². The summed E-state index contributed by atoms with van der Waals surface area (Å²) < 4.78 is 30.0. The predicted molar refractivity (Wildman–Crippen MR) is 93.6 cm³/mol. The van der Waals surface area contributed by atoms with Gasteiger partial charge in [0.25, 0.3) is 0 Å². The second-order valence-corrected chi connectivity index (χ2v) is 7.71. The first kappa shape index (κ1) is 18.5. The summed E-state index contributed by atoms with van der Waals surface area (Å²) in [5.74, 6) is 0. The number of hydrogen-bond acceptors (Lipinski definition) is 4. The van der Waals surface area contributed by atoms with E-state index in [0.717, 1.165) is 37.5 Å². The molecule has 24 heavy (non-hydrogen) atoms. The molecule has 0 aromatic heterocycles. The largest absolute Gasteiger partial charge is 0.381 e. The van der Waals surface area contributed by atoms with Crippen molar-refractivity contribution in [3.63, 3.8) is 0 Å². The Hall–Kier alpha value is -1.80. The minimum Gasteiger partial charge on any atom is -0.381 e. The summed E-state index contributed by atoms with van der Waals surface area (Å²) in [6.45, 7) is 2.00. The fraction of sp³-hybridized carbons (Fsp3) is 0.562. The molecule has 2 amide bonds. The molecule has 1 aromatic carbocycles. The third-order valence-electron chi connectivity index (χ3n) is 3.74. The average molecular weight is 355 g/mol. The number of anilines is 1. The van der Waals surface area contributed by atoms with Crippen molar-refractivity contribution in [2.75, 3.05) is 30.7 Å². The first-order chi connectivity index (χ1) is 11.4. The van der Waals surface area contributed by atoms with Crippen molar-refractivity contribution in [1.82, 2.24) is 10.6 Å². The smallest absolute Gasteiger partial charge is 0.315 e. The van der Waals surface area contributed by atoms with Crippen LogP contribution in [0.3, 0.4) is 0 Å². The Kier molecular flexibility index (Phi) is 6.86. The van der Waals surface area contributed by atoms with Gasteiger partial charge in [-0.25, -0.2) is 13.2 Å². The zero-order chi connectivity index (χ0) is 17.4. The van der Waals surface area contributed by atoms with Crippen molar-refractivity contribution in [1.29, 1.82) is 0 Å². The molecule has 1 aromatic rings. The molecule has 3 N–H and O–H groups in total. The Morgan fingerprint density at radius 3 is 2.50 bits per heavy atom. The molecular formula is C16H25N3O4S. The third-order valence-corrected chi connectivity index (χ3v) is 4.35. The van der Waals surface area contributed by atoms with E-state index in [4.69, 9.17) is 4.74 Å². The number of nitrogens with one attached hydrogen (secondary N) is 3. The van der Waals surface area contributed by atoms with Crippen LogP contribution < -0.4 is 15.4 Å². The van der Waals surface area contributed by atoms with Crippen LogP contribution in [0.5, 0.6) is 0 Å². The predicted octanol–water partition coefficient (Wildman–Crippen LogP) is 1.47. The van der Waals surface area contributed by atoms with Crippen LogP contribution in [-0.2, 0) is 21.2 Å². The summed E-state index contributed by atoms with van der Waals surface area (Å²) in [5.41, 5.74) is 1.65. The number of ether oxygens (including phenoxy) is 1. The molecule has 7 nitrogen and oxygen atoms in total. The third kappa shape index (κ3) is 7.18. The van der Waals surface area contributed by atoms with E-state index in [-0.39, 0.29) is 12.1 Å². The van der Waals surface area contributed by atoms with E-state index in [1.807, 2.05) is 12.1 Å². The van der Waals surface area contributed by atoms with Crippen molar-refractivity contribution in [3.8, 4) is 0 Å². The quantitative estimate of drug-likeness (QED) is 0.645. The molecule has 1 saturated heterocycles. The van der Waals surface area contributed by atoms with Gasteiger partial charge in [0.05, 0.1) is 6.26 Å². The fourth-order valence-electron chi connectivity index (χ4n) is 2.53. The number of carbonyl (C=O) groups excluding carboxylic acids is 1. The zero-order valence-electron chi connectivity index (χ0n) is 13.9. The number of amides is 2. The SMILES string of the molecule is CS(=O)(=O)Nc1ccc(CCCNC(=O)NC2CCOCC2)cc1. The van der Waals surface area contributed by atoms with Gasteiger partial charge in [0.1, 0.15) is 0 Å². The van der Waals surface area contributed by atoms with Crippen molar-refractivity contribution in [3.05, 3.63) is 29.8 Å². The number of hydrogen-bond donors (Lipinski definition) is 3. The van der Waals surface area contributed by atoms with Crippen LogP contribution in [-0.4, -0.2) is 46.5 Å². The van der Waals surface area contributed by atoms with Crippen molar-refractivity contribution >= 4 is 21.7 Å². The normalized spacial score (nSPS) is 15.7. The molecule has 8 heteroatoms. The maximum Gasteiger partial charge on any atom is 0.315 e. The molecule has 0 saturated carbocycles. The highest BCUT2D eigenvalue weighted by atomic mass is 32.2. The van der Waals surface area contributed by atoms with Gasteiger partial charge in [-0.15, -0.1) is 0 Å². The number of aryl methyl sites for hydroxylation is 1. The first-order valence-electron chi connectivity index (χ1n) is 8.11. The summed E-state index contributed by atoms with van der Waals surface area (Å²) in [6.07, 6.45) is 4.48. The van der Waals surface area contributed by atoms with Crippen LogP contribution in [0.2, 0.25) is 0 Å². The van der Waals surface area contributed by atoms with Gasteiger partial charge in [-0.2, -0.15) is 0 Å². The minimum atomic E-state index is -3.25. The highest BCUT2D eigenvalue weighted by molar-refractivity contribution is 7.92. The molecule has 0 spiro atoms. The molecule has 0 bridgehead atoms. The molecule has 0 atom stereocenters. The van der Waals surface area contributed by atoms with Gasteiger partial charge in [0.2, 0.25) is 10.0 Å². The van der Waals surface area contributed by atoms with Gasteiger partial charge < -0.3 is 15.4 Å². The average Bonchev–Trinajstić information content (AvgIpc) is 2.53. The lowest BCUT2D eigenvalue weighted by Crippen LogP contribution is -2.44. The van der Waals surface area contributed by atoms with Crippen LogP contribution in [0, 0.1) is 0 Å². The molecule has 134 valence electrons. The number of sulfonamides is 1. The lowest BCUT2D eigenvalue weighted by atomic mass is 10.1. The van der Waals surface area contributed by atoms with Crippen LogP contribution in [0.25, 0.3) is 0 Å². The van der Waals surface area contributed by atoms with Gasteiger partial charge >= 0.3 is 6.03 Å². The first-order valence-corrected chi connectivity index (χ1v) is 10.0. The Labute approximate surface area is 143 Å². The van der Waals surface area contributed by atoms with E-state index in [0.29, 0.717) is 25.4 Å². The van der Waals surface area contributed by atoms with Gasteiger partial charge in [-0.05, 0) is 43.4 Å². The summed E-state index contributed by atoms with van der Waals surface area (Å²) in [7, 11) is -3.25. The van der Waals surface area contributed by atoms with Crippen LogP contribution in [0.15, 0.2) is 24.3 Å². The van der Waals surface area contributed by atoms with E-state index in [1.165, 1.54) is 0 Å². The molecule has 1 heterocycles. The topological polar surface area (TPSA) is 96.5 Å². The Morgan fingerprint density at radius 2 is 1.88 bits per heavy atom. The Balaban J connectivity index is 1.64. The summed E-state index contributed by atoms with van der Waals surface area (Å²) in [6, 6.07) is 7.32. The number of urea groups is 1. The van der Waals surface area contributed by atoms with Crippen molar-refractivity contribution in [2.45, 2.75) is 31.7 Å². The summed E-state index contributed by atoms with van der Waals surface area (Å²) in [5, 5.41) is 5.81. The molecule has 0 unspecified atom stereocenters. The van der Waals surface area contributed by atoms with Gasteiger partial charge in [-0.1, -0.05) is 12.1 Å². The van der Waals surface area contributed by atoms with Crippen LogP contribution >= 0.6 is 0 Å². The lowest BCUT2D eigenvalue weighted by Gasteiger charge is -2.23. The van der Waals surface area contributed by atoms with Gasteiger partial charge in [0.15, 0.2) is 0 Å². The molecule has 0 aliphatic carbocycles. The van der Waals surface area contributed by atoms with E-state index in [2.05, 4.69) is 15.4 Å². The zero-order valence-corrected chi connectivity index (χ0v) is 14.7. The number of carbonyl (C=O) groups is 1. The number of benzene rings is 1. The fourth-order valence-corrected chi connectivity index (χ4v) is 3.09. The lowest BCUT2D eigenvalue weighted by molar-refractivity contribution is 0.0801. The maximum atomic E-state index is 11.8. The standard InChI is InChI=1S/C16H25N3O4S/c1-24(21,22)19-15-6-4-13(5-7-15)3-2-10-17-16(20)18-14-8-11-23-12-9-14/h4-7,14,19H,2-3,8-12H2,1H3,(H2,17,18,20). The molecule has 2 rings (SSSR count). The molecule has 1 fully saturated rings. The van der Waals surface area contributed by atoms with E-state index in [1.54, 1.807) is 12.1 Å². The van der Waals surface area contributed by atoms with E-state index in [9.17, 15) is 13.2 Å². The van der Waals surface area contributed by atoms with Crippen molar-refractivity contribution < 1.29 is 17.9 Å².